The highest BCUT2D eigenvalue weighted by atomic mass is 35.5. The second-order valence-corrected chi connectivity index (χ2v) is 10.9. The fourth-order valence-corrected chi connectivity index (χ4v) is 6.44. The van der Waals surface area contributed by atoms with Gasteiger partial charge in [0.1, 0.15) is 16.7 Å². The molecule has 0 fully saturated rings. The zero-order chi connectivity index (χ0) is 25.6. The Kier molecular flexibility index (Phi) is 6.37. The first-order valence-corrected chi connectivity index (χ1v) is 13.2. The third kappa shape index (κ3) is 4.30. The number of aliphatic hydroxyl groups is 1. The predicted molar refractivity (Wildman–Crippen MR) is 134 cm³/mol. The summed E-state index contributed by atoms with van der Waals surface area (Å²) in [6.45, 7) is 3.95. The van der Waals surface area contributed by atoms with Crippen LogP contribution in [0.15, 0.2) is 62.6 Å². The number of nitrogens with one attached hydrogen (secondary N) is 2. The fourth-order valence-electron chi connectivity index (χ4n) is 4.74. The second kappa shape index (κ2) is 9.36. The van der Waals surface area contributed by atoms with Crippen LogP contribution >= 0.6 is 11.6 Å². The van der Waals surface area contributed by atoms with Gasteiger partial charge < -0.3 is 14.3 Å². The number of aliphatic hydroxyl groups excluding tert-OH is 1. The molecule has 1 aliphatic rings. The van der Waals surface area contributed by atoms with Crippen molar-refractivity contribution in [3.8, 4) is 5.75 Å². The first kappa shape index (κ1) is 24.5. The summed E-state index contributed by atoms with van der Waals surface area (Å²) < 4.78 is 40.9. The quantitative estimate of drug-likeness (QED) is 0.342. The molecular formula is C25H24ClN3O6S. The van der Waals surface area contributed by atoms with Crippen LogP contribution in [0.25, 0.3) is 10.8 Å². The minimum absolute atomic E-state index is 0.00430. The fraction of sp³-hybridized carbons (Fsp3) is 0.280. The molecule has 0 amide bonds. The molecule has 1 aromatic heterocycles. The van der Waals surface area contributed by atoms with E-state index in [1.54, 1.807) is 0 Å². The van der Waals surface area contributed by atoms with Gasteiger partial charge in [-0.25, -0.2) is 18.3 Å². The van der Waals surface area contributed by atoms with Gasteiger partial charge in [0.25, 0.3) is 0 Å². The Morgan fingerprint density at radius 2 is 1.94 bits per heavy atom. The highest BCUT2D eigenvalue weighted by molar-refractivity contribution is 7.89. The number of rotatable bonds is 6. The molecule has 0 aliphatic carbocycles. The maximum Gasteiger partial charge on any atom is 0.434 e. The maximum atomic E-state index is 13.7. The van der Waals surface area contributed by atoms with Crippen LogP contribution in [0, 0.1) is 6.92 Å². The molecule has 3 aromatic carbocycles. The SMILES string of the molecule is Cc1cccc2cccc(C(C)C(NS(=O)(=O)c3ccc(Cl)c4c3OCCC4O)c3n[nH]c(=O)o3)c12. The molecule has 0 spiro atoms. The molecule has 3 N–H and O–H groups in total. The summed E-state index contributed by atoms with van der Waals surface area (Å²) in [6.07, 6.45) is -0.656. The van der Waals surface area contributed by atoms with E-state index in [2.05, 4.69) is 14.9 Å². The van der Waals surface area contributed by atoms with Gasteiger partial charge in [-0.3, -0.25) is 0 Å². The maximum absolute atomic E-state index is 13.7. The minimum Gasteiger partial charge on any atom is -0.492 e. The van der Waals surface area contributed by atoms with E-state index in [9.17, 15) is 18.3 Å². The summed E-state index contributed by atoms with van der Waals surface area (Å²) in [5.74, 6) is -1.40. The average Bonchev–Trinajstić information content (AvgIpc) is 3.28. The standard InChI is InChI=1S/C25H24ClN3O6S/c1-13-5-3-6-15-7-4-8-16(20(13)15)14(2)22(24-27-28-25(31)35-24)29-36(32,33)19-10-9-17(26)21-18(30)11-12-34-23(19)21/h3-10,14,18,22,29-30H,11-12H2,1-2H3,(H,28,31). The van der Waals surface area contributed by atoms with Crippen LogP contribution in [0.3, 0.4) is 0 Å². The van der Waals surface area contributed by atoms with Crippen LogP contribution in [0.5, 0.6) is 5.75 Å². The van der Waals surface area contributed by atoms with Gasteiger partial charge in [-0.15, -0.1) is 5.10 Å². The van der Waals surface area contributed by atoms with Gasteiger partial charge in [0, 0.05) is 17.9 Å². The molecule has 11 heteroatoms. The van der Waals surface area contributed by atoms with Crippen molar-refractivity contribution in [3.05, 3.63) is 86.7 Å². The van der Waals surface area contributed by atoms with Crippen LogP contribution < -0.4 is 15.2 Å². The van der Waals surface area contributed by atoms with Gasteiger partial charge in [-0.05, 0) is 41.0 Å². The molecule has 0 radical (unpaired) electrons. The lowest BCUT2D eigenvalue weighted by Gasteiger charge is -2.27. The van der Waals surface area contributed by atoms with Gasteiger partial charge in [0.05, 0.1) is 17.7 Å². The molecule has 0 saturated carbocycles. The largest absolute Gasteiger partial charge is 0.492 e. The van der Waals surface area contributed by atoms with E-state index in [1.165, 1.54) is 12.1 Å². The summed E-state index contributed by atoms with van der Waals surface area (Å²) in [4.78, 5) is 11.6. The summed E-state index contributed by atoms with van der Waals surface area (Å²) in [5, 5.41) is 18.7. The molecule has 3 unspecified atom stereocenters. The van der Waals surface area contributed by atoms with Crippen LogP contribution in [-0.4, -0.2) is 30.3 Å². The third-order valence-electron chi connectivity index (χ3n) is 6.51. The molecule has 2 heterocycles. The van der Waals surface area contributed by atoms with E-state index >= 15 is 0 Å². The Morgan fingerprint density at radius 3 is 2.67 bits per heavy atom. The van der Waals surface area contributed by atoms with Crippen LogP contribution in [0.1, 0.15) is 54.0 Å². The molecule has 3 atom stereocenters. The van der Waals surface area contributed by atoms with Crippen molar-refractivity contribution in [2.45, 2.75) is 43.2 Å². The van der Waals surface area contributed by atoms with Crippen LogP contribution in [-0.2, 0) is 10.0 Å². The topological polar surface area (TPSA) is 135 Å². The number of aryl methyl sites for hydroxylation is 1. The summed E-state index contributed by atoms with van der Waals surface area (Å²) >= 11 is 6.25. The monoisotopic (exact) mass is 529 g/mol. The number of hydrogen-bond donors (Lipinski definition) is 3. The van der Waals surface area contributed by atoms with Gasteiger partial charge in [-0.2, -0.15) is 4.72 Å². The van der Waals surface area contributed by atoms with Crippen molar-refractivity contribution in [3.63, 3.8) is 0 Å². The number of benzene rings is 3. The Bertz CT molecular complexity index is 1610. The number of H-pyrrole nitrogens is 1. The van der Waals surface area contributed by atoms with Gasteiger partial charge >= 0.3 is 5.76 Å². The molecule has 1 aliphatic heterocycles. The number of halogens is 1. The molecule has 0 saturated heterocycles. The number of hydrogen-bond acceptors (Lipinski definition) is 7. The van der Waals surface area contributed by atoms with Gasteiger partial charge in [0.2, 0.25) is 15.9 Å². The van der Waals surface area contributed by atoms with Crippen molar-refractivity contribution in [2.75, 3.05) is 6.61 Å². The highest BCUT2D eigenvalue weighted by Gasteiger charge is 2.35. The van der Waals surface area contributed by atoms with E-state index in [0.29, 0.717) is 6.42 Å². The number of nitrogens with zero attached hydrogens (tertiary/aromatic N) is 1. The molecule has 5 rings (SSSR count). The molecule has 188 valence electrons. The van der Waals surface area contributed by atoms with Crippen molar-refractivity contribution < 1.29 is 22.7 Å². The number of ether oxygens (including phenoxy) is 1. The van der Waals surface area contributed by atoms with Crippen LogP contribution in [0.2, 0.25) is 5.02 Å². The second-order valence-electron chi connectivity index (χ2n) is 8.80. The Hall–Kier alpha value is -3.18. The number of sulfonamides is 1. The number of fused-ring (bicyclic) bond motifs is 2. The van der Waals surface area contributed by atoms with E-state index < -0.39 is 33.8 Å². The predicted octanol–water partition coefficient (Wildman–Crippen LogP) is 4.12. The summed E-state index contributed by atoms with van der Waals surface area (Å²) in [5.41, 5.74) is 2.11. The number of aromatic nitrogens is 2. The lowest BCUT2D eigenvalue weighted by Crippen LogP contribution is -2.33. The molecule has 36 heavy (non-hydrogen) atoms. The zero-order valence-electron chi connectivity index (χ0n) is 19.5. The molecule has 0 bridgehead atoms. The third-order valence-corrected chi connectivity index (χ3v) is 8.30. The smallest absolute Gasteiger partial charge is 0.434 e. The molecule has 9 nitrogen and oxygen atoms in total. The lowest BCUT2D eigenvalue weighted by molar-refractivity contribution is 0.113. The normalized spacial score (nSPS) is 17.4. The van der Waals surface area contributed by atoms with Crippen molar-refractivity contribution in [1.82, 2.24) is 14.9 Å². The highest BCUT2D eigenvalue weighted by Crippen LogP contribution is 2.43. The minimum atomic E-state index is -4.26. The van der Waals surface area contributed by atoms with Crippen LogP contribution in [0.4, 0.5) is 0 Å². The Morgan fingerprint density at radius 1 is 1.19 bits per heavy atom. The summed E-state index contributed by atoms with van der Waals surface area (Å²) in [7, 11) is -4.26. The Balaban J connectivity index is 1.62. The van der Waals surface area contributed by atoms with E-state index in [1.807, 2.05) is 50.2 Å². The average molecular weight is 530 g/mol. The first-order valence-electron chi connectivity index (χ1n) is 11.4. The summed E-state index contributed by atoms with van der Waals surface area (Å²) in [6, 6.07) is 13.4. The van der Waals surface area contributed by atoms with Gasteiger partial charge in [-0.1, -0.05) is 54.9 Å². The van der Waals surface area contributed by atoms with E-state index in [0.717, 1.165) is 21.9 Å². The van der Waals surface area contributed by atoms with E-state index in [-0.39, 0.29) is 33.7 Å². The molecule has 4 aromatic rings. The lowest BCUT2D eigenvalue weighted by atomic mass is 9.88. The van der Waals surface area contributed by atoms with E-state index in [4.69, 9.17) is 20.8 Å². The zero-order valence-corrected chi connectivity index (χ0v) is 21.1. The van der Waals surface area contributed by atoms with Crippen molar-refractivity contribution in [1.29, 1.82) is 0 Å². The molecular weight excluding hydrogens is 506 g/mol. The van der Waals surface area contributed by atoms with Crippen molar-refractivity contribution in [2.24, 2.45) is 0 Å². The Labute approximate surface area is 212 Å². The van der Waals surface area contributed by atoms with Gasteiger partial charge in [0.15, 0.2) is 0 Å². The number of aromatic amines is 1. The first-order chi connectivity index (χ1) is 17.2. The van der Waals surface area contributed by atoms with Crippen molar-refractivity contribution >= 4 is 32.4 Å².